The third-order valence-corrected chi connectivity index (χ3v) is 2.45. The molecule has 15 heavy (non-hydrogen) atoms. The molecule has 76 valence electrons. The number of pyridine rings is 1. The largest absolute Gasteiger partial charge is 0.496 e. The molecule has 0 aliphatic carbocycles. The van der Waals surface area contributed by atoms with Crippen molar-refractivity contribution in [3.05, 3.63) is 35.0 Å². The number of methoxy groups -OCH3 is 1. The molecule has 0 spiro atoms. The van der Waals surface area contributed by atoms with Crippen molar-refractivity contribution in [2.75, 3.05) is 7.11 Å². The van der Waals surface area contributed by atoms with E-state index in [1.54, 1.807) is 13.2 Å². The zero-order valence-electron chi connectivity index (χ0n) is 8.03. The van der Waals surface area contributed by atoms with Gasteiger partial charge in [-0.05, 0) is 18.2 Å². The number of hydrogen-bond acceptors (Lipinski definition) is 3. The molecule has 0 saturated heterocycles. The fourth-order valence-corrected chi connectivity index (χ4v) is 1.61. The van der Waals surface area contributed by atoms with Crippen LogP contribution < -0.4 is 4.74 Å². The lowest BCUT2D eigenvalue weighted by atomic mass is 10.1. The van der Waals surface area contributed by atoms with E-state index in [1.165, 1.54) is 0 Å². The van der Waals surface area contributed by atoms with Crippen LogP contribution in [0.25, 0.3) is 10.9 Å². The molecule has 0 N–H and O–H groups in total. The van der Waals surface area contributed by atoms with Gasteiger partial charge >= 0.3 is 0 Å². The summed E-state index contributed by atoms with van der Waals surface area (Å²) >= 11 is 5.82. The Morgan fingerprint density at radius 2 is 2.27 bits per heavy atom. The summed E-state index contributed by atoms with van der Waals surface area (Å²) in [5.74, 6) is 0.680. The molecule has 3 nitrogen and oxygen atoms in total. The molecule has 0 saturated carbocycles. The molecule has 2 rings (SSSR count). The highest BCUT2D eigenvalue weighted by Crippen LogP contribution is 2.27. The SMILES string of the molecule is COc1cccc2nc(Cl)c(C=O)cc12. The quantitative estimate of drug-likeness (QED) is 0.578. The molecule has 0 aliphatic rings. The second kappa shape index (κ2) is 3.87. The summed E-state index contributed by atoms with van der Waals surface area (Å²) in [7, 11) is 1.57. The lowest BCUT2D eigenvalue weighted by Crippen LogP contribution is -1.91. The normalized spacial score (nSPS) is 10.3. The highest BCUT2D eigenvalue weighted by atomic mass is 35.5. The van der Waals surface area contributed by atoms with Crippen LogP contribution in [-0.2, 0) is 0 Å². The molecule has 1 aromatic carbocycles. The first-order valence-corrected chi connectivity index (χ1v) is 4.72. The molecular formula is C11H8ClNO2. The van der Waals surface area contributed by atoms with Gasteiger partial charge in [0.2, 0.25) is 0 Å². The van der Waals surface area contributed by atoms with Crippen LogP contribution in [0.2, 0.25) is 5.15 Å². The number of aromatic nitrogens is 1. The summed E-state index contributed by atoms with van der Waals surface area (Å²) in [6.45, 7) is 0. The molecule has 0 aliphatic heterocycles. The van der Waals surface area contributed by atoms with Crippen LogP contribution in [0, 0.1) is 0 Å². The fourth-order valence-electron chi connectivity index (χ4n) is 1.42. The van der Waals surface area contributed by atoms with E-state index in [-0.39, 0.29) is 5.15 Å². The van der Waals surface area contributed by atoms with Crippen LogP contribution >= 0.6 is 11.6 Å². The number of fused-ring (bicyclic) bond motifs is 1. The van der Waals surface area contributed by atoms with Gasteiger partial charge in [-0.3, -0.25) is 4.79 Å². The van der Waals surface area contributed by atoms with Gasteiger partial charge in [-0.2, -0.15) is 0 Å². The van der Waals surface area contributed by atoms with Crippen molar-refractivity contribution < 1.29 is 9.53 Å². The number of aldehydes is 1. The summed E-state index contributed by atoms with van der Waals surface area (Å²) in [5, 5.41) is 0.997. The molecule has 2 aromatic rings. The Morgan fingerprint density at radius 1 is 1.47 bits per heavy atom. The maximum Gasteiger partial charge on any atom is 0.153 e. The molecule has 0 bridgehead atoms. The van der Waals surface area contributed by atoms with Crippen molar-refractivity contribution in [2.24, 2.45) is 0 Å². The summed E-state index contributed by atoms with van der Waals surface area (Å²) in [6, 6.07) is 7.13. The average molecular weight is 222 g/mol. The van der Waals surface area contributed by atoms with Crippen molar-refractivity contribution in [3.63, 3.8) is 0 Å². The first-order valence-electron chi connectivity index (χ1n) is 4.34. The number of carbonyl (C=O) groups is 1. The first kappa shape index (κ1) is 9.93. The zero-order valence-corrected chi connectivity index (χ0v) is 8.78. The van der Waals surface area contributed by atoms with E-state index in [0.717, 1.165) is 5.39 Å². The van der Waals surface area contributed by atoms with Crippen LogP contribution in [0.3, 0.4) is 0 Å². The van der Waals surface area contributed by atoms with Gasteiger partial charge in [-0.1, -0.05) is 17.7 Å². The number of benzene rings is 1. The van der Waals surface area contributed by atoms with Gasteiger partial charge in [0, 0.05) is 5.39 Å². The van der Waals surface area contributed by atoms with E-state index >= 15 is 0 Å². The number of ether oxygens (including phenoxy) is 1. The Bertz CT molecular complexity index is 525. The minimum Gasteiger partial charge on any atom is -0.496 e. The molecule has 0 amide bonds. The second-order valence-electron chi connectivity index (χ2n) is 3.01. The molecule has 4 heteroatoms. The van der Waals surface area contributed by atoms with Crippen LogP contribution in [0.5, 0.6) is 5.75 Å². The number of halogens is 1. The van der Waals surface area contributed by atoms with E-state index in [4.69, 9.17) is 16.3 Å². The third kappa shape index (κ3) is 1.66. The van der Waals surface area contributed by atoms with Crippen molar-refractivity contribution in [3.8, 4) is 5.75 Å². The van der Waals surface area contributed by atoms with Crippen LogP contribution in [0.4, 0.5) is 0 Å². The lowest BCUT2D eigenvalue weighted by Gasteiger charge is -2.05. The minimum atomic E-state index is 0.214. The van der Waals surface area contributed by atoms with E-state index in [9.17, 15) is 4.79 Å². The summed E-state index contributed by atoms with van der Waals surface area (Å²) < 4.78 is 5.17. The number of nitrogens with zero attached hydrogens (tertiary/aromatic N) is 1. The van der Waals surface area contributed by atoms with Gasteiger partial charge in [0.05, 0.1) is 18.2 Å². The molecular weight excluding hydrogens is 214 g/mol. The highest BCUT2D eigenvalue weighted by molar-refractivity contribution is 6.32. The Kier molecular flexibility index (Phi) is 2.56. The van der Waals surface area contributed by atoms with Crippen LogP contribution in [0.15, 0.2) is 24.3 Å². The van der Waals surface area contributed by atoms with Crippen LogP contribution in [-0.4, -0.2) is 18.4 Å². The summed E-state index contributed by atoms with van der Waals surface area (Å²) in [4.78, 5) is 14.8. The molecule has 1 aromatic heterocycles. The van der Waals surface area contributed by atoms with E-state index < -0.39 is 0 Å². The zero-order chi connectivity index (χ0) is 10.8. The van der Waals surface area contributed by atoms with E-state index in [0.29, 0.717) is 23.1 Å². The predicted octanol–water partition coefficient (Wildman–Crippen LogP) is 2.71. The average Bonchev–Trinajstić information content (AvgIpc) is 2.27. The van der Waals surface area contributed by atoms with Crippen molar-refractivity contribution in [2.45, 2.75) is 0 Å². The molecule has 1 heterocycles. The van der Waals surface area contributed by atoms with Gasteiger partial charge in [0.25, 0.3) is 0 Å². The topological polar surface area (TPSA) is 39.2 Å². The Labute approximate surface area is 91.6 Å². The Morgan fingerprint density at radius 3 is 2.93 bits per heavy atom. The fraction of sp³-hybridized carbons (Fsp3) is 0.0909. The monoisotopic (exact) mass is 221 g/mol. The molecule has 0 atom stereocenters. The molecule has 0 fully saturated rings. The van der Waals surface area contributed by atoms with Gasteiger partial charge in [0.1, 0.15) is 10.9 Å². The lowest BCUT2D eigenvalue weighted by molar-refractivity contribution is 0.112. The second-order valence-corrected chi connectivity index (χ2v) is 3.37. The highest BCUT2D eigenvalue weighted by Gasteiger charge is 2.07. The number of hydrogen-bond donors (Lipinski definition) is 0. The summed E-state index contributed by atoms with van der Waals surface area (Å²) in [6.07, 6.45) is 0.682. The minimum absolute atomic E-state index is 0.214. The maximum absolute atomic E-state index is 10.7. The van der Waals surface area contributed by atoms with E-state index in [1.807, 2.05) is 18.2 Å². The van der Waals surface area contributed by atoms with Gasteiger partial charge < -0.3 is 4.74 Å². The van der Waals surface area contributed by atoms with Crippen molar-refractivity contribution >= 4 is 28.8 Å². The van der Waals surface area contributed by atoms with E-state index in [2.05, 4.69) is 4.98 Å². The van der Waals surface area contributed by atoms with Crippen LogP contribution in [0.1, 0.15) is 10.4 Å². The van der Waals surface area contributed by atoms with Crippen molar-refractivity contribution in [1.82, 2.24) is 4.98 Å². The Hall–Kier alpha value is -1.61. The standard InChI is InChI=1S/C11H8ClNO2/c1-15-10-4-2-3-9-8(10)5-7(6-14)11(12)13-9/h2-6H,1H3. The third-order valence-electron chi connectivity index (χ3n) is 2.15. The smallest absolute Gasteiger partial charge is 0.153 e. The molecule has 0 unspecified atom stereocenters. The predicted molar refractivity (Wildman–Crippen MR) is 58.7 cm³/mol. The van der Waals surface area contributed by atoms with Gasteiger partial charge in [-0.25, -0.2) is 4.98 Å². The number of rotatable bonds is 2. The Balaban J connectivity index is 2.81. The van der Waals surface area contributed by atoms with Gasteiger partial charge in [0.15, 0.2) is 6.29 Å². The van der Waals surface area contributed by atoms with Gasteiger partial charge in [-0.15, -0.1) is 0 Å². The summed E-state index contributed by atoms with van der Waals surface area (Å²) in [5.41, 5.74) is 1.08. The molecule has 0 radical (unpaired) electrons. The maximum atomic E-state index is 10.7. The number of carbonyl (C=O) groups excluding carboxylic acids is 1. The first-order chi connectivity index (χ1) is 7.26. The van der Waals surface area contributed by atoms with Crippen molar-refractivity contribution in [1.29, 1.82) is 0 Å².